The van der Waals surface area contributed by atoms with Crippen LogP contribution < -0.4 is 0 Å². The van der Waals surface area contributed by atoms with Crippen LogP contribution in [0.1, 0.15) is 39.0 Å². The number of fused-ring (bicyclic) bond motifs is 1. The predicted octanol–water partition coefficient (Wildman–Crippen LogP) is 3.77. The number of ether oxygens (including phenoxy) is 1. The Morgan fingerprint density at radius 3 is 2.33 bits per heavy atom. The van der Waals surface area contributed by atoms with Crippen molar-refractivity contribution in [1.82, 2.24) is 9.47 Å². The molecule has 0 bridgehead atoms. The van der Waals surface area contributed by atoms with Crippen LogP contribution in [0.4, 0.5) is 4.79 Å². The molecule has 24 heavy (non-hydrogen) atoms. The summed E-state index contributed by atoms with van der Waals surface area (Å²) in [4.78, 5) is 26.0. The van der Waals surface area contributed by atoms with E-state index in [4.69, 9.17) is 4.74 Å². The summed E-state index contributed by atoms with van der Waals surface area (Å²) in [5.74, 6) is 0. The molecule has 1 unspecified atom stereocenters. The number of carbonyl (C=O) groups is 2. The zero-order valence-corrected chi connectivity index (χ0v) is 15.5. The van der Waals surface area contributed by atoms with Crippen LogP contribution in [0, 0.1) is 6.92 Å². The molecular weight excluding hydrogens is 304 g/mol. The van der Waals surface area contributed by atoms with Crippen LogP contribution in [0.25, 0.3) is 10.9 Å². The van der Waals surface area contributed by atoms with Gasteiger partial charge in [0.2, 0.25) is 0 Å². The molecule has 0 spiro atoms. The fourth-order valence-electron chi connectivity index (χ4n) is 2.99. The van der Waals surface area contributed by atoms with Gasteiger partial charge in [0.15, 0.2) is 0 Å². The maximum atomic E-state index is 12.5. The van der Waals surface area contributed by atoms with Crippen molar-refractivity contribution in [2.75, 3.05) is 7.05 Å². The Kier molecular flexibility index (Phi) is 4.48. The Labute approximate surface area is 143 Å². The number of para-hydroxylation sites is 1. The van der Waals surface area contributed by atoms with Crippen molar-refractivity contribution < 1.29 is 14.3 Å². The van der Waals surface area contributed by atoms with Crippen LogP contribution in [0.5, 0.6) is 0 Å². The minimum absolute atomic E-state index is 0.524. The molecule has 1 aromatic heterocycles. The van der Waals surface area contributed by atoms with Gasteiger partial charge in [0.1, 0.15) is 17.4 Å². The summed E-state index contributed by atoms with van der Waals surface area (Å²) < 4.78 is 7.49. The average molecular weight is 330 g/mol. The van der Waals surface area contributed by atoms with Crippen LogP contribution in [0.3, 0.4) is 0 Å². The molecule has 1 amide bonds. The van der Waals surface area contributed by atoms with Crippen molar-refractivity contribution in [2.24, 2.45) is 7.05 Å². The number of hydrogen-bond donors (Lipinski definition) is 0. The third-order valence-electron chi connectivity index (χ3n) is 4.50. The molecule has 0 N–H and O–H groups in total. The highest BCUT2D eigenvalue weighted by atomic mass is 16.6. The third kappa shape index (κ3) is 2.90. The van der Waals surface area contributed by atoms with Crippen molar-refractivity contribution in [3.05, 3.63) is 35.5 Å². The number of benzene rings is 1. The lowest BCUT2D eigenvalue weighted by atomic mass is 9.89. The molecule has 0 saturated carbocycles. The maximum Gasteiger partial charge on any atom is 0.411 e. The topological polar surface area (TPSA) is 51.5 Å². The molecule has 5 nitrogen and oxygen atoms in total. The summed E-state index contributed by atoms with van der Waals surface area (Å²) in [5.41, 5.74) is 1.05. The first-order valence-corrected chi connectivity index (χ1v) is 8.00. The Bertz CT molecular complexity index is 786. The lowest BCUT2D eigenvalue weighted by Gasteiger charge is -2.36. The van der Waals surface area contributed by atoms with E-state index in [0.29, 0.717) is 0 Å². The molecule has 5 heteroatoms. The van der Waals surface area contributed by atoms with E-state index in [9.17, 15) is 9.59 Å². The van der Waals surface area contributed by atoms with Gasteiger partial charge in [-0.05, 0) is 40.7 Å². The Morgan fingerprint density at radius 2 is 1.79 bits per heavy atom. The van der Waals surface area contributed by atoms with Gasteiger partial charge >= 0.3 is 6.09 Å². The van der Waals surface area contributed by atoms with E-state index in [1.54, 1.807) is 34.7 Å². The second kappa shape index (κ2) is 5.96. The van der Waals surface area contributed by atoms with Crippen molar-refractivity contribution in [3.63, 3.8) is 0 Å². The van der Waals surface area contributed by atoms with Gasteiger partial charge in [-0.15, -0.1) is 0 Å². The molecule has 1 heterocycles. The molecule has 1 aromatic carbocycles. The van der Waals surface area contributed by atoms with Crippen LogP contribution in [-0.4, -0.2) is 34.5 Å². The summed E-state index contributed by atoms with van der Waals surface area (Å²) in [6, 6.07) is 7.87. The highest BCUT2D eigenvalue weighted by Gasteiger charge is 2.40. The van der Waals surface area contributed by atoms with E-state index in [1.807, 2.05) is 42.8 Å². The van der Waals surface area contributed by atoms with E-state index < -0.39 is 17.2 Å². The van der Waals surface area contributed by atoms with Crippen LogP contribution >= 0.6 is 0 Å². The number of hydrogen-bond acceptors (Lipinski definition) is 3. The molecule has 0 saturated heterocycles. The van der Waals surface area contributed by atoms with Gasteiger partial charge in [-0.25, -0.2) is 4.79 Å². The number of nitrogens with zero attached hydrogens (tertiary/aromatic N) is 2. The number of carbonyl (C=O) groups excluding carboxylic acids is 2. The molecular formula is C19H26N2O3. The number of likely N-dealkylation sites (N-methyl/N-ethyl adjacent to an activating group) is 1. The number of rotatable bonds is 3. The standard InChI is InChI=1S/C19H26N2O3/c1-13-16(14-10-8-9-11-15(14)20(13)6)19(5,12-22)21(7)17(23)24-18(2,3)4/h8-12H,1-7H3. The highest BCUT2D eigenvalue weighted by Crippen LogP contribution is 2.36. The molecule has 0 radical (unpaired) electrons. The van der Waals surface area contributed by atoms with Gasteiger partial charge in [0, 0.05) is 36.3 Å². The average Bonchev–Trinajstić information content (AvgIpc) is 2.76. The van der Waals surface area contributed by atoms with Gasteiger partial charge in [-0.3, -0.25) is 4.90 Å². The van der Waals surface area contributed by atoms with E-state index >= 15 is 0 Å². The van der Waals surface area contributed by atoms with E-state index in [2.05, 4.69) is 0 Å². The third-order valence-corrected chi connectivity index (χ3v) is 4.50. The van der Waals surface area contributed by atoms with E-state index in [-0.39, 0.29) is 0 Å². The maximum absolute atomic E-state index is 12.5. The zero-order chi connectivity index (χ0) is 18.3. The fourth-order valence-corrected chi connectivity index (χ4v) is 2.99. The molecule has 0 fully saturated rings. The van der Waals surface area contributed by atoms with Crippen LogP contribution in [-0.2, 0) is 22.1 Å². The largest absolute Gasteiger partial charge is 0.444 e. The summed E-state index contributed by atoms with van der Waals surface area (Å²) >= 11 is 0. The SMILES string of the molecule is Cc1c(C(C)(C=O)N(C)C(=O)OC(C)(C)C)c2ccccc2n1C. The van der Waals surface area contributed by atoms with Crippen LogP contribution in [0.2, 0.25) is 0 Å². The number of aromatic nitrogens is 1. The monoisotopic (exact) mass is 330 g/mol. The van der Waals surface area contributed by atoms with Crippen molar-refractivity contribution >= 4 is 23.3 Å². The minimum Gasteiger partial charge on any atom is -0.444 e. The Morgan fingerprint density at radius 1 is 1.21 bits per heavy atom. The summed E-state index contributed by atoms with van der Waals surface area (Å²) in [7, 11) is 3.56. The normalized spacial score (nSPS) is 14.3. The molecule has 1 atom stereocenters. The molecule has 130 valence electrons. The van der Waals surface area contributed by atoms with Gasteiger partial charge in [0.25, 0.3) is 0 Å². The van der Waals surface area contributed by atoms with Crippen molar-refractivity contribution in [2.45, 2.75) is 45.8 Å². The summed E-state index contributed by atoms with van der Waals surface area (Å²) in [6.45, 7) is 9.12. The van der Waals surface area contributed by atoms with Gasteiger partial charge < -0.3 is 14.1 Å². The first kappa shape index (κ1) is 18.0. The predicted molar refractivity (Wildman–Crippen MR) is 95.1 cm³/mol. The quantitative estimate of drug-likeness (QED) is 0.805. The highest BCUT2D eigenvalue weighted by molar-refractivity contribution is 5.91. The molecule has 0 aliphatic carbocycles. The van der Waals surface area contributed by atoms with Crippen LogP contribution in [0.15, 0.2) is 24.3 Å². The number of amides is 1. The first-order chi connectivity index (χ1) is 11.0. The number of aryl methyl sites for hydroxylation is 1. The second-order valence-corrected chi connectivity index (χ2v) is 7.34. The zero-order valence-electron chi connectivity index (χ0n) is 15.5. The van der Waals surface area contributed by atoms with E-state index in [0.717, 1.165) is 28.4 Å². The molecule has 2 aromatic rings. The van der Waals surface area contributed by atoms with Gasteiger partial charge in [0.05, 0.1) is 0 Å². The second-order valence-electron chi connectivity index (χ2n) is 7.34. The Balaban J connectivity index is 2.61. The summed E-state index contributed by atoms with van der Waals surface area (Å²) in [6.07, 6.45) is 0.288. The summed E-state index contributed by atoms with van der Waals surface area (Å²) in [5, 5.41) is 0.961. The van der Waals surface area contributed by atoms with Gasteiger partial charge in [-0.1, -0.05) is 18.2 Å². The lowest BCUT2D eigenvalue weighted by Crippen LogP contribution is -2.48. The van der Waals surface area contributed by atoms with Crippen molar-refractivity contribution in [1.29, 1.82) is 0 Å². The Hall–Kier alpha value is -2.30. The first-order valence-electron chi connectivity index (χ1n) is 8.00. The lowest BCUT2D eigenvalue weighted by molar-refractivity contribution is -0.117. The molecule has 2 rings (SSSR count). The van der Waals surface area contributed by atoms with Gasteiger partial charge in [-0.2, -0.15) is 0 Å². The minimum atomic E-state index is -1.12. The molecule has 0 aliphatic heterocycles. The fraction of sp³-hybridized carbons (Fsp3) is 0.474. The smallest absolute Gasteiger partial charge is 0.411 e. The van der Waals surface area contributed by atoms with E-state index in [1.165, 1.54) is 4.90 Å². The molecule has 0 aliphatic rings. The van der Waals surface area contributed by atoms with Crippen molar-refractivity contribution in [3.8, 4) is 0 Å². The number of aldehydes is 1.